The summed E-state index contributed by atoms with van der Waals surface area (Å²) in [6.45, 7) is 0. The Bertz CT molecular complexity index is 411. The first-order chi connectivity index (χ1) is 8.56. The molecule has 0 spiro atoms. The summed E-state index contributed by atoms with van der Waals surface area (Å²) < 4.78 is 0. The molecule has 18 heavy (non-hydrogen) atoms. The maximum Gasteiger partial charge on any atom is 0.306 e. The van der Waals surface area contributed by atoms with Gasteiger partial charge < -0.3 is 10.0 Å². The number of carboxylic acids is 1. The summed E-state index contributed by atoms with van der Waals surface area (Å²) in [6.07, 6.45) is 7.78. The van der Waals surface area contributed by atoms with E-state index in [9.17, 15) is 9.59 Å². The zero-order valence-electron chi connectivity index (χ0n) is 10.6. The van der Waals surface area contributed by atoms with Gasteiger partial charge in [-0.25, -0.2) is 0 Å². The molecule has 3 rings (SSSR count). The molecule has 0 aromatic carbocycles. The van der Waals surface area contributed by atoms with E-state index < -0.39 is 5.97 Å². The molecule has 2 fully saturated rings. The highest BCUT2D eigenvalue weighted by atomic mass is 16.4. The average molecular weight is 249 g/mol. The first-order valence-electron chi connectivity index (χ1n) is 6.74. The van der Waals surface area contributed by atoms with Crippen molar-refractivity contribution in [3.05, 3.63) is 12.2 Å². The monoisotopic (exact) mass is 249 g/mol. The quantitative estimate of drug-likeness (QED) is 0.771. The molecule has 1 N–H and O–H groups in total. The van der Waals surface area contributed by atoms with Gasteiger partial charge in [0.1, 0.15) is 0 Å². The van der Waals surface area contributed by atoms with Crippen LogP contribution < -0.4 is 0 Å². The third-order valence-corrected chi connectivity index (χ3v) is 4.95. The second-order valence-corrected chi connectivity index (χ2v) is 6.00. The Kier molecular flexibility index (Phi) is 2.68. The average Bonchev–Trinajstić information content (AvgIpc) is 2.86. The highest BCUT2D eigenvalue weighted by Crippen LogP contribution is 2.45. The molecule has 98 valence electrons. The minimum atomic E-state index is -0.727. The fourth-order valence-corrected chi connectivity index (χ4v) is 3.61. The van der Waals surface area contributed by atoms with Gasteiger partial charge in [-0.05, 0) is 37.5 Å². The SMILES string of the molecule is CN(C(=O)C1CC2C=CC1C2)C1CC(C(=O)O)C1. The van der Waals surface area contributed by atoms with Crippen LogP contribution in [-0.2, 0) is 9.59 Å². The Morgan fingerprint density at radius 1 is 1.17 bits per heavy atom. The standard InChI is InChI=1S/C14H19NO3/c1-15(11-6-10(7-11)14(17)18)13(16)12-5-8-2-3-9(12)4-8/h2-3,8-12H,4-7H2,1H3,(H,17,18). The summed E-state index contributed by atoms with van der Waals surface area (Å²) >= 11 is 0. The molecule has 1 amide bonds. The number of carbonyl (C=O) groups is 2. The molecule has 3 aliphatic rings. The van der Waals surface area contributed by atoms with E-state index in [4.69, 9.17) is 5.11 Å². The van der Waals surface area contributed by atoms with Gasteiger partial charge >= 0.3 is 5.97 Å². The van der Waals surface area contributed by atoms with E-state index >= 15 is 0 Å². The molecule has 0 radical (unpaired) electrons. The maximum absolute atomic E-state index is 12.4. The highest BCUT2D eigenvalue weighted by Gasteiger charge is 2.44. The molecule has 0 heterocycles. The number of hydrogen-bond donors (Lipinski definition) is 1. The van der Waals surface area contributed by atoms with Crippen molar-refractivity contribution < 1.29 is 14.7 Å². The lowest BCUT2D eigenvalue weighted by atomic mass is 9.79. The van der Waals surface area contributed by atoms with Crippen molar-refractivity contribution in [1.29, 1.82) is 0 Å². The number of carboxylic acid groups (broad SMARTS) is 1. The van der Waals surface area contributed by atoms with Crippen molar-refractivity contribution in [2.24, 2.45) is 23.7 Å². The van der Waals surface area contributed by atoms with E-state index in [1.54, 1.807) is 4.90 Å². The first kappa shape index (κ1) is 11.8. The van der Waals surface area contributed by atoms with Gasteiger partial charge in [0.2, 0.25) is 5.91 Å². The van der Waals surface area contributed by atoms with Gasteiger partial charge in [0, 0.05) is 19.0 Å². The third-order valence-electron chi connectivity index (χ3n) is 4.95. The molecule has 0 saturated heterocycles. The fraction of sp³-hybridized carbons (Fsp3) is 0.714. The van der Waals surface area contributed by atoms with Crippen molar-refractivity contribution in [2.75, 3.05) is 7.05 Å². The summed E-state index contributed by atoms with van der Waals surface area (Å²) in [5.74, 6) is 0.431. The smallest absolute Gasteiger partial charge is 0.306 e. The van der Waals surface area contributed by atoms with E-state index in [1.165, 1.54) is 0 Å². The molecule has 3 unspecified atom stereocenters. The number of fused-ring (bicyclic) bond motifs is 2. The second kappa shape index (κ2) is 4.11. The summed E-state index contributed by atoms with van der Waals surface area (Å²) in [4.78, 5) is 25.0. The van der Waals surface area contributed by atoms with Gasteiger partial charge in [0.15, 0.2) is 0 Å². The lowest BCUT2D eigenvalue weighted by Gasteiger charge is -2.40. The number of hydrogen-bond acceptors (Lipinski definition) is 2. The molecule has 0 aliphatic heterocycles. The molecule has 3 atom stereocenters. The van der Waals surface area contributed by atoms with Crippen LogP contribution in [-0.4, -0.2) is 35.0 Å². The number of amides is 1. The van der Waals surface area contributed by atoms with E-state index in [0.717, 1.165) is 12.8 Å². The highest BCUT2D eigenvalue weighted by molar-refractivity contribution is 5.81. The van der Waals surface area contributed by atoms with Gasteiger partial charge in [0.25, 0.3) is 0 Å². The van der Waals surface area contributed by atoms with Crippen LogP contribution in [0.3, 0.4) is 0 Å². The Labute approximate surface area is 107 Å². The number of rotatable bonds is 3. The van der Waals surface area contributed by atoms with E-state index in [-0.39, 0.29) is 23.8 Å². The van der Waals surface area contributed by atoms with Gasteiger partial charge in [-0.1, -0.05) is 12.2 Å². The zero-order valence-corrected chi connectivity index (χ0v) is 10.6. The second-order valence-electron chi connectivity index (χ2n) is 6.00. The molecule has 4 heteroatoms. The van der Waals surface area contributed by atoms with Crippen LogP contribution in [0.15, 0.2) is 12.2 Å². The van der Waals surface area contributed by atoms with Gasteiger partial charge in [-0.2, -0.15) is 0 Å². The van der Waals surface area contributed by atoms with Crippen LogP contribution in [0.4, 0.5) is 0 Å². The lowest BCUT2D eigenvalue weighted by molar-refractivity contribution is -0.151. The minimum absolute atomic E-state index is 0.140. The van der Waals surface area contributed by atoms with Gasteiger partial charge in [0.05, 0.1) is 5.92 Å². The third kappa shape index (κ3) is 1.74. The first-order valence-corrected chi connectivity index (χ1v) is 6.74. The van der Waals surface area contributed by atoms with Crippen molar-refractivity contribution in [2.45, 2.75) is 31.7 Å². The minimum Gasteiger partial charge on any atom is -0.481 e. The number of allylic oxidation sites excluding steroid dienone is 2. The zero-order chi connectivity index (χ0) is 12.9. The topological polar surface area (TPSA) is 57.6 Å². The van der Waals surface area contributed by atoms with E-state index in [2.05, 4.69) is 12.2 Å². The molecule has 2 saturated carbocycles. The molecular formula is C14H19NO3. The van der Waals surface area contributed by atoms with Crippen molar-refractivity contribution in [3.63, 3.8) is 0 Å². The Morgan fingerprint density at radius 2 is 1.89 bits per heavy atom. The van der Waals surface area contributed by atoms with Crippen LogP contribution in [0.2, 0.25) is 0 Å². The molecule has 0 aromatic rings. The Morgan fingerprint density at radius 3 is 2.39 bits per heavy atom. The lowest BCUT2D eigenvalue weighted by Crippen LogP contribution is -2.49. The molecule has 2 bridgehead atoms. The van der Waals surface area contributed by atoms with Crippen molar-refractivity contribution in [1.82, 2.24) is 4.90 Å². The van der Waals surface area contributed by atoms with Crippen LogP contribution in [0, 0.1) is 23.7 Å². The molecule has 0 aromatic heterocycles. The molecular weight excluding hydrogens is 230 g/mol. The Hall–Kier alpha value is -1.32. The van der Waals surface area contributed by atoms with Crippen LogP contribution in [0.25, 0.3) is 0 Å². The van der Waals surface area contributed by atoms with E-state index in [0.29, 0.717) is 24.7 Å². The maximum atomic E-state index is 12.4. The normalized spacial score (nSPS) is 40.6. The van der Waals surface area contributed by atoms with Crippen molar-refractivity contribution >= 4 is 11.9 Å². The van der Waals surface area contributed by atoms with Gasteiger partial charge in [-0.3, -0.25) is 9.59 Å². The predicted molar refractivity (Wildman–Crippen MR) is 65.8 cm³/mol. The fourth-order valence-electron chi connectivity index (χ4n) is 3.61. The summed E-state index contributed by atoms with van der Waals surface area (Å²) in [6, 6.07) is 0.140. The largest absolute Gasteiger partial charge is 0.481 e. The van der Waals surface area contributed by atoms with Gasteiger partial charge in [-0.15, -0.1) is 0 Å². The molecule has 4 nitrogen and oxygen atoms in total. The predicted octanol–water partition coefficient (Wildman–Crippen LogP) is 1.52. The molecule has 3 aliphatic carbocycles. The summed E-state index contributed by atoms with van der Waals surface area (Å²) in [5.41, 5.74) is 0. The number of aliphatic carboxylic acids is 1. The van der Waals surface area contributed by atoms with Crippen LogP contribution in [0.1, 0.15) is 25.7 Å². The summed E-state index contributed by atoms with van der Waals surface area (Å²) in [5, 5.41) is 8.86. The van der Waals surface area contributed by atoms with E-state index in [1.807, 2.05) is 7.05 Å². The number of carbonyl (C=O) groups excluding carboxylic acids is 1. The van der Waals surface area contributed by atoms with Crippen LogP contribution >= 0.6 is 0 Å². The Balaban J connectivity index is 1.57. The number of nitrogens with zero attached hydrogens (tertiary/aromatic N) is 1. The summed E-state index contributed by atoms with van der Waals surface area (Å²) in [7, 11) is 1.83. The van der Waals surface area contributed by atoms with Crippen LogP contribution in [0.5, 0.6) is 0 Å². The van der Waals surface area contributed by atoms with Crippen molar-refractivity contribution in [3.8, 4) is 0 Å².